The molecule has 0 amide bonds. The average Bonchev–Trinajstić information content (AvgIpc) is 2.46. The summed E-state index contributed by atoms with van der Waals surface area (Å²) in [6, 6.07) is 13.0. The number of carbonyl (C=O) groups excluding carboxylic acids is 2. The van der Waals surface area contributed by atoms with Crippen LogP contribution in [0.25, 0.3) is 0 Å². The molecular formula is C15H13NO3. The molecule has 0 radical (unpaired) electrons. The van der Waals surface area contributed by atoms with Gasteiger partial charge in [0.15, 0.2) is 5.78 Å². The summed E-state index contributed by atoms with van der Waals surface area (Å²) in [7, 11) is 1.32. The Morgan fingerprint density at radius 1 is 0.842 bits per heavy atom. The molecule has 4 nitrogen and oxygen atoms in total. The van der Waals surface area contributed by atoms with Gasteiger partial charge >= 0.3 is 5.97 Å². The maximum Gasteiger partial charge on any atom is 0.337 e. The second-order valence-corrected chi connectivity index (χ2v) is 4.02. The number of esters is 1. The molecule has 0 bridgehead atoms. The first-order chi connectivity index (χ1) is 9.11. The van der Waals surface area contributed by atoms with Crippen LogP contribution in [0.15, 0.2) is 48.5 Å². The normalized spacial score (nSPS) is 9.95. The first-order valence-corrected chi connectivity index (χ1v) is 5.70. The third-order valence-electron chi connectivity index (χ3n) is 2.74. The zero-order valence-electron chi connectivity index (χ0n) is 10.4. The summed E-state index contributed by atoms with van der Waals surface area (Å²) in [5.41, 5.74) is 7.66. The van der Waals surface area contributed by atoms with E-state index in [9.17, 15) is 9.59 Å². The molecule has 0 atom stereocenters. The fraction of sp³-hybridized carbons (Fsp3) is 0.0667. The molecule has 4 heteroatoms. The molecule has 0 aliphatic rings. The summed E-state index contributed by atoms with van der Waals surface area (Å²) in [5, 5.41) is 0. The van der Waals surface area contributed by atoms with Crippen molar-refractivity contribution in [3.8, 4) is 0 Å². The number of methoxy groups -OCH3 is 1. The fourth-order valence-corrected chi connectivity index (χ4v) is 1.68. The third-order valence-corrected chi connectivity index (χ3v) is 2.74. The first kappa shape index (κ1) is 12.8. The highest BCUT2D eigenvalue weighted by molar-refractivity contribution is 6.09. The predicted molar refractivity (Wildman–Crippen MR) is 72.1 cm³/mol. The van der Waals surface area contributed by atoms with Gasteiger partial charge in [-0.3, -0.25) is 4.79 Å². The summed E-state index contributed by atoms with van der Waals surface area (Å²) >= 11 is 0. The maximum atomic E-state index is 12.2. The number of ketones is 1. The van der Waals surface area contributed by atoms with Crippen LogP contribution in [0.5, 0.6) is 0 Å². The lowest BCUT2D eigenvalue weighted by atomic mass is 10.0. The highest BCUT2D eigenvalue weighted by atomic mass is 16.5. The number of anilines is 1. The SMILES string of the molecule is COC(=O)c1ccc(C(=O)c2ccc(N)cc2)cc1. The second-order valence-electron chi connectivity index (χ2n) is 4.02. The number of nitrogen functional groups attached to an aromatic ring is 1. The average molecular weight is 255 g/mol. The minimum atomic E-state index is -0.425. The first-order valence-electron chi connectivity index (χ1n) is 5.70. The molecule has 0 heterocycles. The molecule has 0 aliphatic heterocycles. The zero-order chi connectivity index (χ0) is 13.8. The lowest BCUT2D eigenvalue weighted by molar-refractivity contribution is 0.0600. The molecule has 0 fully saturated rings. The summed E-state index contributed by atoms with van der Waals surface area (Å²) < 4.78 is 4.60. The Bertz CT molecular complexity index is 600. The Balaban J connectivity index is 2.25. The van der Waals surface area contributed by atoms with E-state index in [4.69, 9.17) is 5.73 Å². The van der Waals surface area contributed by atoms with Gasteiger partial charge in [0, 0.05) is 16.8 Å². The monoisotopic (exact) mass is 255 g/mol. The molecule has 0 aromatic heterocycles. The Morgan fingerprint density at radius 3 is 1.74 bits per heavy atom. The van der Waals surface area contributed by atoms with Gasteiger partial charge in [0.1, 0.15) is 0 Å². The van der Waals surface area contributed by atoms with Crippen LogP contribution in [0.3, 0.4) is 0 Å². The van der Waals surface area contributed by atoms with E-state index in [0.29, 0.717) is 22.4 Å². The summed E-state index contributed by atoms with van der Waals surface area (Å²) in [4.78, 5) is 23.4. The van der Waals surface area contributed by atoms with Gasteiger partial charge in [0.2, 0.25) is 0 Å². The van der Waals surface area contributed by atoms with Crippen molar-refractivity contribution < 1.29 is 14.3 Å². The van der Waals surface area contributed by atoms with Crippen LogP contribution in [0.4, 0.5) is 5.69 Å². The van der Waals surface area contributed by atoms with Crippen molar-refractivity contribution in [1.29, 1.82) is 0 Å². The Morgan fingerprint density at radius 2 is 1.26 bits per heavy atom. The van der Waals surface area contributed by atoms with Crippen molar-refractivity contribution >= 4 is 17.4 Å². The molecule has 2 N–H and O–H groups in total. The number of benzene rings is 2. The smallest absolute Gasteiger partial charge is 0.337 e. The molecule has 2 aromatic rings. The maximum absolute atomic E-state index is 12.2. The molecule has 0 unspecified atom stereocenters. The number of ether oxygens (including phenoxy) is 1. The number of hydrogen-bond acceptors (Lipinski definition) is 4. The number of rotatable bonds is 3. The van der Waals surface area contributed by atoms with E-state index >= 15 is 0 Å². The van der Waals surface area contributed by atoms with Gasteiger partial charge in [-0.05, 0) is 36.4 Å². The van der Waals surface area contributed by atoms with Gasteiger partial charge in [0.05, 0.1) is 12.7 Å². The van der Waals surface area contributed by atoms with Gasteiger partial charge < -0.3 is 10.5 Å². The van der Waals surface area contributed by atoms with E-state index in [1.54, 1.807) is 48.5 Å². The van der Waals surface area contributed by atoms with Crippen molar-refractivity contribution in [3.63, 3.8) is 0 Å². The van der Waals surface area contributed by atoms with Crippen molar-refractivity contribution in [1.82, 2.24) is 0 Å². The Labute approximate surface area is 110 Å². The van der Waals surface area contributed by atoms with Crippen LogP contribution in [0, 0.1) is 0 Å². The minimum absolute atomic E-state index is 0.114. The van der Waals surface area contributed by atoms with Crippen molar-refractivity contribution in [2.75, 3.05) is 12.8 Å². The van der Waals surface area contributed by atoms with Crippen molar-refractivity contribution in [2.24, 2.45) is 0 Å². The van der Waals surface area contributed by atoms with E-state index in [1.807, 2.05) is 0 Å². The van der Waals surface area contributed by atoms with Crippen LogP contribution in [-0.4, -0.2) is 18.9 Å². The van der Waals surface area contributed by atoms with Gasteiger partial charge in [0.25, 0.3) is 0 Å². The quantitative estimate of drug-likeness (QED) is 0.519. The minimum Gasteiger partial charge on any atom is -0.465 e. The van der Waals surface area contributed by atoms with E-state index < -0.39 is 5.97 Å². The molecule has 19 heavy (non-hydrogen) atoms. The topological polar surface area (TPSA) is 69.4 Å². The van der Waals surface area contributed by atoms with Crippen LogP contribution in [0.2, 0.25) is 0 Å². The van der Waals surface area contributed by atoms with Gasteiger partial charge in [-0.1, -0.05) is 12.1 Å². The number of nitrogens with two attached hydrogens (primary N) is 1. The highest BCUT2D eigenvalue weighted by Crippen LogP contribution is 2.13. The van der Waals surface area contributed by atoms with Crippen LogP contribution >= 0.6 is 0 Å². The molecule has 2 rings (SSSR count). The summed E-state index contributed by atoms with van der Waals surface area (Å²) in [6.45, 7) is 0. The predicted octanol–water partition coefficient (Wildman–Crippen LogP) is 2.29. The Hall–Kier alpha value is -2.62. The van der Waals surface area contributed by atoms with E-state index in [0.717, 1.165) is 0 Å². The third kappa shape index (κ3) is 2.80. The zero-order valence-corrected chi connectivity index (χ0v) is 10.4. The molecule has 0 spiro atoms. The summed E-state index contributed by atoms with van der Waals surface area (Å²) in [5.74, 6) is -0.539. The Kier molecular flexibility index (Phi) is 3.61. The van der Waals surface area contributed by atoms with Gasteiger partial charge in [-0.15, -0.1) is 0 Å². The lowest BCUT2D eigenvalue weighted by Gasteiger charge is -2.03. The molecular weight excluding hydrogens is 242 g/mol. The van der Waals surface area contributed by atoms with Crippen LogP contribution < -0.4 is 5.73 Å². The van der Waals surface area contributed by atoms with Gasteiger partial charge in [-0.2, -0.15) is 0 Å². The largest absolute Gasteiger partial charge is 0.465 e. The number of carbonyl (C=O) groups is 2. The lowest BCUT2D eigenvalue weighted by Crippen LogP contribution is -2.04. The molecule has 0 aliphatic carbocycles. The van der Waals surface area contributed by atoms with Crippen molar-refractivity contribution in [2.45, 2.75) is 0 Å². The highest BCUT2D eigenvalue weighted by Gasteiger charge is 2.10. The standard InChI is InChI=1S/C15H13NO3/c1-19-15(18)12-4-2-10(3-5-12)14(17)11-6-8-13(16)9-7-11/h2-9H,16H2,1H3. The fourth-order valence-electron chi connectivity index (χ4n) is 1.68. The van der Waals surface area contributed by atoms with Gasteiger partial charge in [-0.25, -0.2) is 4.79 Å². The van der Waals surface area contributed by atoms with E-state index in [2.05, 4.69) is 4.74 Å². The van der Waals surface area contributed by atoms with Crippen LogP contribution in [-0.2, 0) is 4.74 Å². The van der Waals surface area contributed by atoms with E-state index in [-0.39, 0.29) is 5.78 Å². The second kappa shape index (κ2) is 5.35. The molecule has 2 aromatic carbocycles. The van der Waals surface area contributed by atoms with Crippen LogP contribution in [0.1, 0.15) is 26.3 Å². The summed E-state index contributed by atoms with van der Waals surface area (Å²) in [6.07, 6.45) is 0. The molecule has 96 valence electrons. The molecule has 0 saturated heterocycles. The number of hydrogen-bond donors (Lipinski definition) is 1. The van der Waals surface area contributed by atoms with Crippen molar-refractivity contribution in [3.05, 3.63) is 65.2 Å². The van der Waals surface area contributed by atoms with E-state index in [1.165, 1.54) is 7.11 Å². The molecule has 0 saturated carbocycles.